The summed E-state index contributed by atoms with van der Waals surface area (Å²) in [6, 6.07) is 4.36. The Kier molecular flexibility index (Phi) is 4.87. The lowest BCUT2D eigenvalue weighted by molar-refractivity contribution is 0.275. The summed E-state index contributed by atoms with van der Waals surface area (Å²) in [7, 11) is 0. The second-order valence-electron chi connectivity index (χ2n) is 4.46. The van der Waals surface area contributed by atoms with Gasteiger partial charge in [-0.3, -0.25) is 4.90 Å². The lowest BCUT2D eigenvalue weighted by Gasteiger charge is -2.19. The normalized spacial score (nSPS) is 11.1. The van der Waals surface area contributed by atoms with Gasteiger partial charge < -0.3 is 0 Å². The zero-order chi connectivity index (χ0) is 13.7. The van der Waals surface area contributed by atoms with Crippen molar-refractivity contribution in [3.8, 4) is 0 Å². The Hall–Kier alpha value is -1.46. The van der Waals surface area contributed by atoms with E-state index in [1.165, 1.54) is 9.75 Å². The van der Waals surface area contributed by atoms with Crippen molar-refractivity contribution in [3.63, 3.8) is 0 Å². The van der Waals surface area contributed by atoms with Crippen molar-refractivity contribution >= 4 is 11.3 Å². The molecular weight excluding hydrogens is 256 g/mol. The highest BCUT2D eigenvalue weighted by molar-refractivity contribution is 7.11. The maximum atomic E-state index is 4.34. The van der Waals surface area contributed by atoms with Crippen LogP contribution in [-0.4, -0.2) is 26.2 Å². The SMILES string of the molecule is C=CCN(Cc1ccc(C)s1)Cc1ncnn1CC. The van der Waals surface area contributed by atoms with Gasteiger partial charge in [-0.15, -0.1) is 17.9 Å². The van der Waals surface area contributed by atoms with E-state index in [2.05, 4.69) is 47.5 Å². The van der Waals surface area contributed by atoms with Gasteiger partial charge in [0.2, 0.25) is 0 Å². The second-order valence-corrected chi connectivity index (χ2v) is 5.84. The number of thiophene rings is 1. The summed E-state index contributed by atoms with van der Waals surface area (Å²) in [5.41, 5.74) is 0. The number of rotatable bonds is 7. The van der Waals surface area contributed by atoms with Crippen molar-refractivity contribution in [3.05, 3.63) is 46.7 Å². The molecule has 0 radical (unpaired) electrons. The third-order valence-electron chi connectivity index (χ3n) is 2.92. The summed E-state index contributed by atoms with van der Waals surface area (Å²) >= 11 is 1.85. The van der Waals surface area contributed by atoms with E-state index in [0.717, 1.165) is 32.0 Å². The minimum absolute atomic E-state index is 0.802. The molecule has 0 saturated heterocycles. The van der Waals surface area contributed by atoms with Crippen LogP contribution in [0.4, 0.5) is 0 Å². The fourth-order valence-electron chi connectivity index (χ4n) is 2.03. The van der Waals surface area contributed by atoms with Gasteiger partial charge in [-0.1, -0.05) is 6.08 Å². The molecule has 0 aliphatic heterocycles. The van der Waals surface area contributed by atoms with Gasteiger partial charge in [0.25, 0.3) is 0 Å². The van der Waals surface area contributed by atoms with E-state index < -0.39 is 0 Å². The highest BCUT2D eigenvalue weighted by Gasteiger charge is 2.11. The molecule has 2 rings (SSSR count). The molecule has 0 saturated carbocycles. The van der Waals surface area contributed by atoms with E-state index in [9.17, 15) is 0 Å². The van der Waals surface area contributed by atoms with Crippen molar-refractivity contribution < 1.29 is 0 Å². The molecule has 5 heteroatoms. The zero-order valence-corrected chi connectivity index (χ0v) is 12.4. The Morgan fingerprint density at radius 3 is 2.89 bits per heavy atom. The smallest absolute Gasteiger partial charge is 0.141 e. The monoisotopic (exact) mass is 276 g/mol. The van der Waals surface area contributed by atoms with Crippen molar-refractivity contribution in [2.75, 3.05) is 6.54 Å². The van der Waals surface area contributed by atoms with Crippen LogP contribution in [0.15, 0.2) is 31.1 Å². The first-order valence-electron chi connectivity index (χ1n) is 6.48. The van der Waals surface area contributed by atoms with Gasteiger partial charge in [-0.2, -0.15) is 5.10 Å². The van der Waals surface area contributed by atoms with Crippen molar-refractivity contribution in [1.29, 1.82) is 0 Å². The number of aryl methyl sites for hydroxylation is 2. The van der Waals surface area contributed by atoms with E-state index >= 15 is 0 Å². The number of hydrogen-bond donors (Lipinski definition) is 0. The summed E-state index contributed by atoms with van der Waals surface area (Å²) < 4.78 is 1.94. The van der Waals surface area contributed by atoms with Crippen molar-refractivity contribution in [2.45, 2.75) is 33.5 Å². The van der Waals surface area contributed by atoms with Crippen LogP contribution in [0, 0.1) is 6.92 Å². The minimum Gasteiger partial charge on any atom is -0.287 e. The largest absolute Gasteiger partial charge is 0.287 e. The molecule has 0 spiro atoms. The van der Waals surface area contributed by atoms with Gasteiger partial charge in [0, 0.05) is 29.4 Å². The molecule has 0 aromatic carbocycles. The van der Waals surface area contributed by atoms with Crippen molar-refractivity contribution in [2.24, 2.45) is 0 Å². The van der Waals surface area contributed by atoms with Crippen LogP contribution in [0.5, 0.6) is 0 Å². The zero-order valence-electron chi connectivity index (χ0n) is 11.5. The first-order valence-corrected chi connectivity index (χ1v) is 7.29. The highest BCUT2D eigenvalue weighted by atomic mass is 32.1. The predicted molar refractivity (Wildman–Crippen MR) is 79.1 cm³/mol. The van der Waals surface area contributed by atoms with Gasteiger partial charge in [0.15, 0.2) is 0 Å². The Balaban J connectivity index is 2.05. The third kappa shape index (κ3) is 3.75. The molecule has 2 aromatic heterocycles. The molecule has 0 amide bonds. The van der Waals surface area contributed by atoms with Crippen LogP contribution in [0.3, 0.4) is 0 Å². The molecule has 0 N–H and O–H groups in total. The van der Waals surface area contributed by atoms with Crippen LogP contribution >= 0.6 is 11.3 Å². The Bertz CT molecular complexity index is 529. The number of nitrogens with zero attached hydrogens (tertiary/aromatic N) is 4. The second kappa shape index (κ2) is 6.63. The summed E-state index contributed by atoms with van der Waals surface area (Å²) in [5.74, 6) is 1.01. The lowest BCUT2D eigenvalue weighted by atomic mass is 10.3. The molecule has 0 unspecified atom stereocenters. The summed E-state index contributed by atoms with van der Waals surface area (Å²) in [6.45, 7) is 11.5. The van der Waals surface area contributed by atoms with E-state index in [0.29, 0.717) is 0 Å². The molecular formula is C14H20N4S. The van der Waals surface area contributed by atoms with Crippen LogP contribution in [0.1, 0.15) is 22.5 Å². The first kappa shape index (κ1) is 14.0. The van der Waals surface area contributed by atoms with E-state index in [1.807, 2.05) is 22.1 Å². The average Bonchev–Trinajstić information content (AvgIpc) is 2.99. The predicted octanol–water partition coefficient (Wildman–Crippen LogP) is 2.86. The average molecular weight is 276 g/mol. The van der Waals surface area contributed by atoms with Gasteiger partial charge in [0.05, 0.1) is 6.54 Å². The fourth-order valence-corrected chi connectivity index (χ4v) is 2.97. The van der Waals surface area contributed by atoms with E-state index in [4.69, 9.17) is 0 Å². The third-order valence-corrected chi connectivity index (χ3v) is 3.91. The van der Waals surface area contributed by atoms with Crippen LogP contribution in [0.25, 0.3) is 0 Å². The van der Waals surface area contributed by atoms with Gasteiger partial charge >= 0.3 is 0 Å². The highest BCUT2D eigenvalue weighted by Crippen LogP contribution is 2.18. The maximum Gasteiger partial charge on any atom is 0.141 e. The first-order chi connectivity index (χ1) is 9.22. The van der Waals surface area contributed by atoms with Gasteiger partial charge in [-0.05, 0) is 26.0 Å². The van der Waals surface area contributed by atoms with Gasteiger partial charge in [0.1, 0.15) is 12.2 Å². The molecule has 0 bridgehead atoms. The van der Waals surface area contributed by atoms with E-state index in [1.54, 1.807) is 6.33 Å². The maximum absolute atomic E-state index is 4.34. The Morgan fingerprint density at radius 1 is 1.42 bits per heavy atom. The lowest BCUT2D eigenvalue weighted by Crippen LogP contribution is -2.24. The van der Waals surface area contributed by atoms with E-state index in [-0.39, 0.29) is 0 Å². The Morgan fingerprint density at radius 2 is 2.26 bits per heavy atom. The molecule has 0 aliphatic carbocycles. The molecule has 0 atom stereocenters. The molecule has 0 fully saturated rings. The number of hydrogen-bond acceptors (Lipinski definition) is 4. The molecule has 102 valence electrons. The molecule has 4 nitrogen and oxygen atoms in total. The summed E-state index contributed by atoms with van der Waals surface area (Å²) in [6.07, 6.45) is 3.56. The molecule has 0 aliphatic rings. The quantitative estimate of drug-likeness (QED) is 0.729. The number of aromatic nitrogens is 3. The topological polar surface area (TPSA) is 34.0 Å². The van der Waals surface area contributed by atoms with Gasteiger partial charge in [-0.25, -0.2) is 9.67 Å². The molecule has 2 aromatic rings. The summed E-state index contributed by atoms with van der Waals surface area (Å²) in [4.78, 5) is 9.39. The van der Waals surface area contributed by atoms with Crippen LogP contribution in [0.2, 0.25) is 0 Å². The Labute approximate surface area is 118 Å². The standard InChI is InChI=1S/C14H20N4S/c1-4-8-17(9-13-7-6-12(3)19-13)10-14-15-11-16-18(14)5-2/h4,6-7,11H,1,5,8-10H2,2-3H3. The fraction of sp³-hybridized carbons (Fsp3) is 0.429. The van der Waals surface area contributed by atoms with Crippen LogP contribution in [-0.2, 0) is 19.6 Å². The van der Waals surface area contributed by atoms with Crippen LogP contribution < -0.4 is 0 Å². The molecule has 19 heavy (non-hydrogen) atoms. The van der Waals surface area contributed by atoms with Crippen molar-refractivity contribution in [1.82, 2.24) is 19.7 Å². The minimum atomic E-state index is 0.802. The molecule has 2 heterocycles. The summed E-state index contributed by atoms with van der Waals surface area (Å²) in [5, 5.41) is 4.21.